The molecule has 106 valence electrons. The number of fused-ring (bicyclic) bond motifs is 1. The van der Waals surface area contributed by atoms with E-state index >= 15 is 0 Å². The van der Waals surface area contributed by atoms with Crippen LogP contribution >= 0.6 is 11.6 Å². The summed E-state index contributed by atoms with van der Waals surface area (Å²) in [7, 11) is 0. The molecule has 0 fully saturated rings. The molecule has 1 aromatic heterocycles. The van der Waals surface area contributed by atoms with Crippen molar-refractivity contribution in [2.24, 2.45) is 0 Å². The quantitative estimate of drug-likeness (QED) is 0.751. The lowest BCUT2D eigenvalue weighted by atomic mass is 10.1. The molecule has 0 aliphatic carbocycles. The molecule has 0 saturated carbocycles. The molecule has 0 spiro atoms. The fraction of sp³-hybridized carbons (Fsp3) is 0.0667. The Morgan fingerprint density at radius 2 is 2.00 bits per heavy atom. The number of aromatic nitrogens is 2. The van der Waals surface area contributed by atoms with Crippen LogP contribution in [-0.4, -0.2) is 14.7 Å². The predicted molar refractivity (Wildman–Crippen MR) is 78.7 cm³/mol. The van der Waals surface area contributed by atoms with Gasteiger partial charge in [0.2, 0.25) is 5.88 Å². The Balaban J connectivity index is 2.54. The van der Waals surface area contributed by atoms with Crippen molar-refractivity contribution < 1.29 is 9.50 Å². The van der Waals surface area contributed by atoms with E-state index in [1.807, 2.05) is 19.1 Å². The Bertz CT molecular complexity index is 921. The second-order valence-electron chi connectivity index (χ2n) is 4.62. The first-order valence-corrected chi connectivity index (χ1v) is 6.53. The average molecular weight is 305 g/mol. The van der Waals surface area contributed by atoms with Crippen molar-refractivity contribution in [3.05, 3.63) is 63.3 Å². The van der Waals surface area contributed by atoms with Crippen LogP contribution in [0.15, 0.2) is 41.2 Å². The molecule has 3 rings (SSSR count). The fourth-order valence-electron chi connectivity index (χ4n) is 2.30. The Labute approximate surface area is 124 Å². The van der Waals surface area contributed by atoms with Crippen LogP contribution in [0.25, 0.3) is 16.6 Å². The van der Waals surface area contributed by atoms with Crippen LogP contribution in [0.5, 0.6) is 5.88 Å². The van der Waals surface area contributed by atoms with Crippen LogP contribution in [0.1, 0.15) is 5.56 Å². The number of hydrogen-bond acceptors (Lipinski definition) is 3. The zero-order valence-corrected chi connectivity index (χ0v) is 11.7. The summed E-state index contributed by atoms with van der Waals surface area (Å²) in [6.45, 7) is 1.82. The molecule has 0 saturated heterocycles. The number of nitrogens with zero attached hydrogens (tertiary/aromatic N) is 2. The maximum Gasteiger partial charge on any atom is 0.355 e. The van der Waals surface area contributed by atoms with Crippen molar-refractivity contribution in [2.75, 3.05) is 0 Å². The lowest BCUT2D eigenvalue weighted by Crippen LogP contribution is -2.22. The molecular formula is C15H10ClFN2O2. The van der Waals surface area contributed by atoms with E-state index in [9.17, 15) is 14.3 Å². The molecule has 4 nitrogen and oxygen atoms in total. The topological polar surface area (TPSA) is 55.1 Å². The molecule has 3 aromatic rings. The molecule has 0 amide bonds. The minimum atomic E-state index is -0.732. The van der Waals surface area contributed by atoms with Gasteiger partial charge in [-0.3, -0.25) is 4.57 Å². The van der Waals surface area contributed by atoms with Gasteiger partial charge < -0.3 is 5.11 Å². The van der Waals surface area contributed by atoms with Gasteiger partial charge in [0.25, 0.3) is 0 Å². The molecule has 6 heteroatoms. The van der Waals surface area contributed by atoms with Gasteiger partial charge in [0.1, 0.15) is 5.82 Å². The van der Waals surface area contributed by atoms with Gasteiger partial charge in [0.05, 0.1) is 16.6 Å². The second kappa shape index (κ2) is 4.86. The number of hydrogen-bond donors (Lipinski definition) is 1. The van der Waals surface area contributed by atoms with Crippen LogP contribution in [0.2, 0.25) is 5.02 Å². The normalized spacial score (nSPS) is 11.0. The van der Waals surface area contributed by atoms with Crippen LogP contribution in [0, 0.1) is 12.7 Å². The highest BCUT2D eigenvalue weighted by molar-refractivity contribution is 6.31. The Hall–Kier alpha value is -2.40. The maximum atomic E-state index is 14.0. The molecule has 0 aliphatic rings. The van der Waals surface area contributed by atoms with Gasteiger partial charge in [0.15, 0.2) is 0 Å². The summed E-state index contributed by atoms with van der Waals surface area (Å²) >= 11 is 5.87. The zero-order valence-electron chi connectivity index (χ0n) is 11.0. The first kappa shape index (κ1) is 13.6. The van der Waals surface area contributed by atoms with E-state index in [1.165, 1.54) is 10.6 Å². The summed E-state index contributed by atoms with van der Waals surface area (Å²) in [5.74, 6) is -1.38. The number of benzene rings is 2. The van der Waals surface area contributed by atoms with Gasteiger partial charge in [-0.1, -0.05) is 29.8 Å². The molecule has 21 heavy (non-hydrogen) atoms. The van der Waals surface area contributed by atoms with Crippen molar-refractivity contribution in [2.45, 2.75) is 6.92 Å². The molecule has 2 aromatic carbocycles. The number of aromatic hydroxyl groups is 1. The first-order chi connectivity index (χ1) is 9.99. The fourth-order valence-corrected chi connectivity index (χ4v) is 2.50. The van der Waals surface area contributed by atoms with E-state index in [2.05, 4.69) is 4.98 Å². The van der Waals surface area contributed by atoms with Gasteiger partial charge in [-0.25, -0.2) is 9.18 Å². The molecule has 0 atom stereocenters. The van der Waals surface area contributed by atoms with Gasteiger partial charge in [0, 0.05) is 5.02 Å². The van der Waals surface area contributed by atoms with Crippen LogP contribution in [-0.2, 0) is 0 Å². The van der Waals surface area contributed by atoms with Crippen molar-refractivity contribution in [1.82, 2.24) is 9.55 Å². The second-order valence-corrected chi connectivity index (χ2v) is 5.06. The monoisotopic (exact) mass is 304 g/mol. The third-order valence-electron chi connectivity index (χ3n) is 3.25. The summed E-state index contributed by atoms with van der Waals surface area (Å²) < 4.78 is 15.3. The summed E-state index contributed by atoms with van der Waals surface area (Å²) in [6, 6.07) is 9.62. The summed E-state index contributed by atoms with van der Waals surface area (Å²) in [5, 5.41) is 9.75. The maximum absolute atomic E-state index is 14.0. The third-order valence-corrected chi connectivity index (χ3v) is 3.47. The standard InChI is InChI=1S/C15H10ClFN2O2/c1-8-4-2-3-5-11(8)19-12-7-9(16)6-10(17)13(12)14(20)18-15(19)21/h2-7H,1H3,(H,18,20,21). The number of halogens is 2. The van der Waals surface area contributed by atoms with E-state index in [4.69, 9.17) is 11.6 Å². The third kappa shape index (κ3) is 2.15. The van der Waals surface area contributed by atoms with Crippen LogP contribution < -0.4 is 5.69 Å². The molecule has 1 N–H and O–H groups in total. The van der Waals surface area contributed by atoms with E-state index in [1.54, 1.807) is 12.1 Å². The van der Waals surface area contributed by atoms with Crippen molar-refractivity contribution >= 4 is 22.5 Å². The van der Waals surface area contributed by atoms with Gasteiger partial charge >= 0.3 is 5.69 Å². The molecule has 0 aliphatic heterocycles. The first-order valence-electron chi connectivity index (χ1n) is 6.16. The van der Waals surface area contributed by atoms with Crippen LogP contribution in [0.3, 0.4) is 0 Å². The summed E-state index contributed by atoms with van der Waals surface area (Å²) in [5.41, 5.74) is 0.846. The molecular weight excluding hydrogens is 295 g/mol. The van der Waals surface area contributed by atoms with E-state index in [-0.39, 0.29) is 15.9 Å². The Kier molecular flexibility index (Phi) is 3.14. The minimum Gasteiger partial charge on any atom is -0.493 e. The Morgan fingerprint density at radius 3 is 2.71 bits per heavy atom. The van der Waals surface area contributed by atoms with Gasteiger partial charge in [-0.2, -0.15) is 4.98 Å². The molecule has 0 bridgehead atoms. The largest absolute Gasteiger partial charge is 0.493 e. The lowest BCUT2D eigenvalue weighted by Gasteiger charge is -2.13. The SMILES string of the molecule is Cc1ccccc1-n1c(=O)nc(O)c2c(F)cc(Cl)cc21. The lowest BCUT2D eigenvalue weighted by molar-refractivity contribution is 0.453. The minimum absolute atomic E-state index is 0.132. The van der Waals surface area contributed by atoms with E-state index in [0.717, 1.165) is 11.6 Å². The smallest absolute Gasteiger partial charge is 0.355 e. The van der Waals surface area contributed by atoms with E-state index in [0.29, 0.717) is 5.69 Å². The number of para-hydroxylation sites is 1. The summed E-state index contributed by atoms with van der Waals surface area (Å²) in [4.78, 5) is 15.6. The van der Waals surface area contributed by atoms with E-state index < -0.39 is 17.4 Å². The zero-order chi connectivity index (χ0) is 15.1. The number of aryl methyl sites for hydroxylation is 1. The Morgan fingerprint density at radius 1 is 1.29 bits per heavy atom. The molecule has 1 heterocycles. The van der Waals surface area contributed by atoms with Crippen molar-refractivity contribution in [3.8, 4) is 11.6 Å². The highest BCUT2D eigenvalue weighted by atomic mass is 35.5. The number of rotatable bonds is 1. The van der Waals surface area contributed by atoms with Crippen LogP contribution in [0.4, 0.5) is 4.39 Å². The molecule has 0 radical (unpaired) electrons. The predicted octanol–water partition coefficient (Wildman–Crippen LogP) is 3.19. The van der Waals surface area contributed by atoms with Gasteiger partial charge in [-0.05, 0) is 30.7 Å². The molecule has 0 unspecified atom stereocenters. The van der Waals surface area contributed by atoms with Crippen molar-refractivity contribution in [3.63, 3.8) is 0 Å². The highest BCUT2D eigenvalue weighted by Crippen LogP contribution is 2.29. The highest BCUT2D eigenvalue weighted by Gasteiger charge is 2.16. The van der Waals surface area contributed by atoms with Crippen molar-refractivity contribution in [1.29, 1.82) is 0 Å². The van der Waals surface area contributed by atoms with Gasteiger partial charge in [-0.15, -0.1) is 0 Å². The summed E-state index contributed by atoms with van der Waals surface area (Å²) in [6.07, 6.45) is 0. The average Bonchev–Trinajstić information content (AvgIpc) is 2.39.